The van der Waals surface area contributed by atoms with Gasteiger partial charge in [0.05, 0.1) is 11.6 Å². The van der Waals surface area contributed by atoms with Gasteiger partial charge in [-0.25, -0.2) is 4.39 Å². The minimum Gasteiger partial charge on any atom is -0.481 e. The first-order chi connectivity index (χ1) is 11.1. The maximum absolute atomic E-state index is 12.8. The summed E-state index contributed by atoms with van der Waals surface area (Å²) >= 11 is 0. The lowest BCUT2D eigenvalue weighted by Crippen LogP contribution is -2.37. The van der Waals surface area contributed by atoms with E-state index in [0.717, 1.165) is 5.56 Å². The number of halogens is 1. The number of carbonyl (C=O) groups excluding carboxylic acids is 1. The van der Waals surface area contributed by atoms with Crippen LogP contribution in [0, 0.1) is 17.1 Å². The van der Waals surface area contributed by atoms with Gasteiger partial charge in [0, 0.05) is 6.54 Å². The van der Waals surface area contributed by atoms with Crippen molar-refractivity contribution >= 4 is 5.91 Å². The van der Waals surface area contributed by atoms with Crippen LogP contribution in [-0.4, -0.2) is 18.6 Å². The van der Waals surface area contributed by atoms with Crippen LogP contribution in [0.25, 0.3) is 0 Å². The van der Waals surface area contributed by atoms with E-state index in [9.17, 15) is 9.18 Å². The van der Waals surface area contributed by atoms with Gasteiger partial charge in [-0.2, -0.15) is 5.26 Å². The van der Waals surface area contributed by atoms with E-state index >= 15 is 0 Å². The number of amides is 1. The van der Waals surface area contributed by atoms with Crippen molar-refractivity contribution in [2.24, 2.45) is 0 Å². The van der Waals surface area contributed by atoms with E-state index in [1.165, 1.54) is 12.1 Å². The van der Waals surface area contributed by atoms with Crippen LogP contribution in [0.4, 0.5) is 4.39 Å². The number of nitrogens with zero attached hydrogens (tertiary/aromatic N) is 1. The third kappa shape index (κ3) is 5.11. The Balaban J connectivity index is 1.78. The Morgan fingerprint density at radius 2 is 1.87 bits per heavy atom. The van der Waals surface area contributed by atoms with Crippen molar-refractivity contribution in [3.63, 3.8) is 0 Å². The molecule has 4 nitrogen and oxygen atoms in total. The van der Waals surface area contributed by atoms with Gasteiger partial charge in [0.2, 0.25) is 0 Å². The molecule has 1 atom stereocenters. The van der Waals surface area contributed by atoms with Crippen LogP contribution in [-0.2, 0) is 11.2 Å². The molecule has 0 fully saturated rings. The van der Waals surface area contributed by atoms with Gasteiger partial charge < -0.3 is 10.1 Å². The van der Waals surface area contributed by atoms with Gasteiger partial charge in [-0.05, 0) is 55.3 Å². The first-order valence-electron chi connectivity index (χ1n) is 7.27. The average molecular weight is 312 g/mol. The Kier molecular flexibility index (Phi) is 5.70. The second-order valence-corrected chi connectivity index (χ2v) is 5.06. The molecule has 2 aromatic rings. The first kappa shape index (κ1) is 16.5. The van der Waals surface area contributed by atoms with Crippen molar-refractivity contribution in [2.75, 3.05) is 6.54 Å². The molecule has 0 aliphatic rings. The number of hydrogen-bond donors (Lipinski definition) is 1. The quantitative estimate of drug-likeness (QED) is 0.892. The van der Waals surface area contributed by atoms with Gasteiger partial charge in [0.25, 0.3) is 5.91 Å². The highest BCUT2D eigenvalue weighted by atomic mass is 19.1. The van der Waals surface area contributed by atoms with Gasteiger partial charge in [-0.15, -0.1) is 0 Å². The molecular weight excluding hydrogens is 295 g/mol. The van der Waals surface area contributed by atoms with Crippen LogP contribution in [0.5, 0.6) is 5.75 Å². The van der Waals surface area contributed by atoms with Crippen LogP contribution in [0.2, 0.25) is 0 Å². The molecule has 2 aromatic carbocycles. The molecule has 5 heteroatoms. The largest absolute Gasteiger partial charge is 0.481 e. The van der Waals surface area contributed by atoms with Gasteiger partial charge >= 0.3 is 0 Å². The highest BCUT2D eigenvalue weighted by molar-refractivity contribution is 5.80. The molecule has 118 valence electrons. The highest BCUT2D eigenvalue weighted by Crippen LogP contribution is 2.13. The lowest BCUT2D eigenvalue weighted by atomic mass is 10.1. The fourth-order valence-electron chi connectivity index (χ4n) is 1.99. The lowest BCUT2D eigenvalue weighted by Gasteiger charge is -2.14. The zero-order valence-corrected chi connectivity index (χ0v) is 12.8. The third-order valence-corrected chi connectivity index (χ3v) is 3.29. The minimum absolute atomic E-state index is 0.225. The maximum Gasteiger partial charge on any atom is 0.260 e. The highest BCUT2D eigenvalue weighted by Gasteiger charge is 2.14. The smallest absolute Gasteiger partial charge is 0.260 e. The van der Waals surface area contributed by atoms with Crippen molar-refractivity contribution < 1.29 is 13.9 Å². The van der Waals surface area contributed by atoms with Gasteiger partial charge in [-0.3, -0.25) is 4.79 Å². The van der Waals surface area contributed by atoms with E-state index < -0.39 is 6.10 Å². The summed E-state index contributed by atoms with van der Waals surface area (Å²) < 4.78 is 18.3. The molecule has 0 saturated heterocycles. The monoisotopic (exact) mass is 312 g/mol. The molecule has 0 aliphatic carbocycles. The number of nitriles is 1. The van der Waals surface area contributed by atoms with Crippen molar-refractivity contribution in [2.45, 2.75) is 19.4 Å². The zero-order chi connectivity index (χ0) is 16.7. The number of hydrogen-bond acceptors (Lipinski definition) is 3. The molecule has 1 unspecified atom stereocenters. The van der Waals surface area contributed by atoms with Crippen LogP contribution < -0.4 is 10.1 Å². The van der Waals surface area contributed by atoms with Gasteiger partial charge in [-0.1, -0.05) is 12.1 Å². The lowest BCUT2D eigenvalue weighted by molar-refractivity contribution is -0.127. The predicted octanol–water partition coefficient (Wildman–Crippen LogP) is 2.82. The third-order valence-electron chi connectivity index (χ3n) is 3.29. The Labute approximate surface area is 134 Å². The van der Waals surface area contributed by atoms with Crippen LogP contribution in [0.1, 0.15) is 18.1 Å². The molecule has 0 aromatic heterocycles. The number of ether oxygens (including phenoxy) is 1. The predicted molar refractivity (Wildman–Crippen MR) is 84.4 cm³/mol. The van der Waals surface area contributed by atoms with Crippen molar-refractivity contribution in [1.82, 2.24) is 5.32 Å². The molecule has 0 spiro atoms. The summed E-state index contributed by atoms with van der Waals surface area (Å²) in [6.07, 6.45) is -0.0218. The van der Waals surface area contributed by atoms with E-state index in [0.29, 0.717) is 24.3 Å². The second kappa shape index (κ2) is 7.95. The summed E-state index contributed by atoms with van der Waals surface area (Å²) in [6, 6.07) is 14.8. The molecule has 2 rings (SSSR count). The first-order valence-corrected chi connectivity index (χ1v) is 7.27. The summed E-state index contributed by atoms with van der Waals surface area (Å²) in [6.45, 7) is 2.11. The summed E-state index contributed by atoms with van der Waals surface area (Å²) in [7, 11) is 0. The minimum atomic E-state index is -0.642. The average Bonchev–Trinajstić information content (AvgIpc) is 2.57. The van der Waals surface area contributed by atoms with Crippen LogP contribution in [0.15, 0.2) is 48.5 Å². The summed E-state index contributed by atoms with van der Waals surface area (Å²) in [5.74, 6) is 0.0314. The Morgan fingerprint density at radius 1 is 1.22 bits per heavy atom. The Hall–Kier alpha value is -2.87. The standard InChI is InChI=1S/C18H17FN2O2/c1-13(23-17-8-4-15(12-20)5-9-17)18(22)21-11-10-14-2-6-16(19)7-3-14/h2-9,13H,10-11H2,1H3,(H,21,22). The Morgan fingerprint density at radius 3 is 2.48 bits per heavy atom. The molecule has 23 heavy (non-hydrogen) atoms. The topological polar surface area (TPSA) is 62.1 Å². The molecule has 0 heterocycles. The van der Waals surface area contributed by atoms with Crippen molar-refractivity contribution in [3.8, 4) is 11.8 Å². The van der Waals surface area contributed by atoms with E-state index in [1.807, 2.05) is 6.07 Å². The molecule has 0 bridgehead atoms. The summed E-state index contributed by atoms with van der Waals surface area (Å²) in [4.78, 5) is 12.0. The summed E-state index contributed by atoms with van der Waals surface area (Å²) in [5.41, 5.74) is 1.49. The van der Waals surface area contributed by atoms with Crippen molar-refractivity contribution in [3.05, 3.63) is 65.5 Å². The number of rotatable bonds is 6. The van der Waals surface area contributed by atoms with E-state index in [1.54, 1.807) is 43.3 Å². The molecule has 0 radical (unpaired) electrons. The van der Waals surface area contributed by atoms with Gasteiger partial charge in [0.15, 0.2) is 6.10 Å². The molecule has 1 amide bonds. The zero-order valence-electron chi connectivity index (χ0n) is 12.8. The Bertz CT molecular complexity index is 690. The SMILES string of the molecule is CC(Oc1ccc(C#N)cc1)C(=O)NCCc1ccc(F)cc1. The fourth-order valence-corrected chi connectivity index (χ4v) is 1.99. The maximum atomic E-state index is 12.8. The number of carbonyl (C=O) groups is 1. The molecular formula is C18H17FN2O2. The number of benzene rings is 2. The van der Waals surface area contributed by atoms with Crippen LogP contribution >= 0.6 is 0 Å². The molecule has 0 aliphatic heterocycles. The molecule has 0 saturated carbocycles. The van der Waals surface area contributed by atoms with E-state index in [4.69, 9.17) is 10.00 Å². The van der Waals surface area contributed by atoms with Crippen molar-refractivity contribution in [1.29, 1.82) is 5.26 Å². The van der Waals surface area contributed by atoms with E-state index in [2.05, 4.69) is 5.32 Å². The fraction of sp³-hybridized carbons (Fsp3) is 0.222. The van der Waals surface area contributed by atoms with Crippen LogP contribution in [0.3, 0.4) is 0 Å². The second-order valence-electron chi connectivity index (χ2n) is 5.06. The van der Waals surface area contributed by atoms with Gasteiger partial charge in [0.1, 0.15) is 11.6 Å². The normalized spacial score (nSPS) is 11.3. The molecule has 1 N–H and O–H groups in total. The van der Waals surface area contributed by atoms with E-state index in [-0.39, 0.29) is 11.7 Å². The summed E-state index contributed by atoms with van der Waals surface area (Å²) in [5, 5.41) is 11.5. The number of nitrogens with one attached hydrogen (secondary N) is 1.